The van der Waals surface area contributed by atoms with Gasteiger partial charge in [0, 0.05) is 12.7 Å². The first-order valence-electron chi connectivity index (χ1n) is 6.31. The third-order valence-corrected chi connectivity index (χ3v) is 2.88. The van der Waals surface area contributed by atoms with Gasteiger partial charge in [0.1, 0.15) is 5.82 Å². The van der Waals surface area contributed by atoms with Gasteiger partial charge in [-0.1, -0.05) is 18.2 Å². The fourth-order valence-corrected chi connectivity index (χ4v) is 1.90. The van der Waals surface area contributed by atoms with Crippen molar-refractivity contribution in [2.24, 2.45) is 0 Å². The van der Waals surface area contributed by atoms with Crippen LogP contribution in [0.5, 0.6) is 0 Å². The Kier molecular flexibility index (Phi) is 3.46. The molecular formula is C14H12FN5O. The molecule has 2 aromatic heterocycles. The predicted octanol–water partition coefficient (Wildman–Crippen LogP) is 2.19. The number of hydrogen-bond donors (Lipinski definition) is 2. The quantitative estimate of drug-likeness (QED) is 0.775. The largest absolute Gasteiger partial charge is 0.334 e. The Balaban J connectivity index is 1.64. The van der Waals surface area contributed by atoms with Gasteiger partial charge in [0.2, 0.25) is 5.95 Å². The average molecular weight is 285 g/mol. The fraction of sp³-hybridized carbons (Fsp3) is 0.0714. The van der Waals surface area contributed by atoms with Gasteiger partial charge in [-0.3, -0.25) is 9.72 Å². The van der Waals surface area contributed by atoms with Crippen molar-refractivity contribution in [3.05, 3.63) is 60.0 Å². The Bertz CT molecular complexity index is 786. The van der Waals surface area contributed by atoms with Gasteiger partial charge < -0.3 is 5.32 Å². The molecule has 0 atom stereocenters. The molecule has 0 saturated heterocycles. The maximum absolute atomic E-state index is 13.0. The highest BCUT2D eigenvalue weighted by atomic mass is 19.1. The number of anilines is 1. The summed E-state index contributed by atoms with van der Waals surface area (Å²) in [5.74, 6) is -0.0134. The van der Waals surface area contributed by atoms with Crippen molar-refractivity contribution in [1.82, 2.24) is 19.9 Å². The SMILES string of the molecule is O=C(NCc1cccc(F)c1)Nc1nnc2ccccn12. The summed E-state index contributed by atoms with van der Waals surface area (Å²) in [7, 11) is 0. The highest BCUT2D eigenvalue weighted by Gasteiger charge is 2.08. The summed E-state index contributed by atoms with van der Waals surface area (Å²) in [6.45, 7) is 0.223. The van der Waals surface area contributed by atoms with Gasteiger partial charge in [0.15, 0.2) is 5.65 Å². The minimum absolute atomic E-state index is 0.223. The van der Waals surface area contributed by atoms with Gasteiger partial charge in [-0.05, 0) is 29.8 Å². The molecule has 2 heterocycles. The standard InChI is InChI=1S/C14H12FN5O/c15-11-5-3-4-10(8-11)9-16-14(21)17-13-19-18-12-6-1-2-7-20(12)13/h1-8H,9H2,(H2,16,17,19,21). The van der Waals surface area contributed by atoms with Crippen molar-refractivity contribution >= 4 is 17.6 Å². The van der Waals surface area contributed by atoms with E-state index >= 15 is 0 Å². The zero-order valence-electron chi connectivity index (χ0n) is 11.0. The molecule has 0 fully saturated rings. The van der Waals surface area contributed by atoms with E-state index < -0.39 is 6.03 Å². The van der Waals surface area contributed by atoms with Crippen LogP contribution in [-0.4, -0.2) is 20.6 Å². The zero-order chi connectivity index (χ0) is 14.7. The lowest BCUT2D eigenvalue weighted by molar-refractivity contribution is 0.251. The summed E-state index contributed by atoms with van der Waals surface area (Å²) in [4.78, 5) is 11.8. The van der Waals surface area contributed by atoms with E-state index in [1.807, 2.05) is 12.1 Å². The highest BCUT2D eigenvalue weighted by Crippen LogP contribution is 2.07. The zero-order valence-corrected chi connectivity index (χ0v) is 11.0. The van der Waals surface area contributed by atoms with Crippen LogP contribution in [-0.2, 0) is 6.54 Å². The van der Waals surface area contributed by atoms with Crippen LogP contribution in [0.2, 0.25) is 0 Å². The smallest absolute Gasteiger partial charge is 0.321 e. The third-order valence-electron chi connectivity index (χ3n) is 2.88. The van der Waals surface area contributed by atoms with Crippen molar-refractivity contribution in [2.45, 2.75) is 6.54 Å². The molecule has 1 aromatic carbocycles. The third kappa shape index (κ3) is 2.97. The first-order chi connectivity index (χ1) is 10.2. The van der Waals surface area contributed by atoms with Crippen molar-refractivity contribution in [3.63, 3.8) is 0 Å². The normalized spacial score (nSPS) is 10.5. The number of carbonyl (C=O) groups is 1. The van der Waals surface area contributed by atoms with E-state index in [1.54, 1.807) is 28.8 Å². The molecule has 0 aliphatic heterocycles. The Hall–Kier alpha value is -2.96. The molecule has 3 aromatic rings. The maximum Gasteiger partial charge on any atom is 0.321 e. The van der Waals surface area contributed by atoms with Crippen LogP contribution >= 0.6 is 0 Å². The van der Waals surface area contributed by atoms with Gasteiger partial charge in [0.25, 0.3) is 0 Å². The lowest BCUT2D eigenvalue weighted by Crippen LogP contribution is -2.29. The molecule has 106 valence electrons. The van der Waals surface area contributed by atoms with Gasteiger partial charge in [-0.15, -0.1) is 10.2 Å². The molecule has 2 amide bonds. The monoisotopic (exact) mass is 285 g/mol. The fourth-order valence-electron chi connectivity index (χ4n) is 1.90. The van der Waals surface area contributed by atoms with E-state index in [-0.39, 0.29) is 12.4 Å². The summed E-state index contributed by atoms with van der Waals surface area (Å²) < 4.78 is 14.7. The second-order valence-corrected chi connectivity index (χ2v) is 4.39. The first-order valence-corrected chi connectivity index (χ1v) is 6.31. The number of benzene rings is 1. The number of halogens is 1. The Morgan fingerprint density at radius 1 is 1.19 bits per heavy atom. The van der Waals surface area contributed by atoms with Gasteiger partial charge in [-0.2, -0.15) is 0 Å². The van der Waals surface area contributed by atoms with Gasteiger partial charge in [0.05, 0.1) is 0 Å². The summed E-state index contributed by atoms with van der Waals surface area (Å²) >= 11 is 0. The van der Waals surface area contributed by atoms with Crippen molar-refractivity contribution < 1.29 is 9.18 Å². The molecule has 0 aliphatic carbocycles. The number of fused-ring (bicyclic) bond motifs is 1. The molecule has 2 N–H and O–H groups in total. The molecule has 0 saturated carbocycles. The van der Waals surface area contributed by atoms with E-state index in [2.05, 4.69) is 20.8 Å². The lowest BCUT2D eigenvalue weighted by atomic mass is 10.2. The van der Waals surface area contributed by atoms with Crippen molar-refractivity contribution in [2.75, 3.05) is 5.32 Å². The second kappa shape index (κ2) is 5.58. The summed E-state index contributed by atoms with van der Waals surface area (Å²) in [6.07, 6.45) is 1.75. The molecule has 0 bridgehead atoms. The molecule has 3 rings (SSSR count). The number of nitrogens with one attached hydrogen (secondary N) is 2. The maximum atomic E-state index is 13.0. The van der Waals surface area contributed by atoms with Crippen LogP contribution in [0, 0.1) is 5.82 Å². The van der Waals surface area contributed by atoms with E-state index in [9.17, 15) is 9.18 Å². The van der Waals surface area contributed by atoms with Gasteiger partial charge >= 0.3 is 6.03 Å². The Morgan fingerprint density at radius 2 is 2.10 bits per heavy atom. The van der Waals surface area contributed by atoms with Crippen LogP contribution < -0.4 is 10.6 Å². The highest BCUT2D eigenvalue weighted by molar-refractivity contribution is 5.87. The van der Waals surface area contributed by atoms with E-state index in [4.69, 9.17) is 0 Å². The molecule has 7 heteroatoms. The number of carbonyl (C=O) groups excluding carboxylic acids is 1. The van der Waals surface area contributed by atoms with E-state index in [1.165, 1.54) is 12.1 Å². The summed E-state index contributed by atoms with van der Waals surface area (Å²) in [6, 6.07) is 11.0. The minimum atomic E-state index is -0.433. The first kappa shape index (κ1) is 13.0. The minimum Gasteiger partial charge on any atom is -0.334 e. The van der Waals surface area contributed by atoms with Crippen molar-refractivity contribution in [3.8, 4) is 0 Å². The van der Waals surface area contributed by atoms with Crippen LogP contribution in [0.25, 0.3) is 5.65 Å². The summed E-state index contributed by atoms with van der Waals surface area (Å²) in [5, 5.41) is 13.0. The van der Waals surface area contributed by atoms with E-state index in [0.717, 1.165) is 0 Å². The molecular weight excluding hydrogens is 273 g/mol. The Labute approximate surface area is 119 Å². The average Bonchev–Trinajstić information content (AvgIpc) is 2.89. The number of urea groups is 1. The van der Waals surface area contributed by atoms with Gasteiger partial charge in [-0.25, -0.2) is 9.18 Å². The number of amides is 2. The van der Waals surface area contributed by atoms with Crippen molar-refractivity contribution in [1.29, 1.82) is 0 Å². The van der Waals surface area contributed by atoms with Crippen LogP contribution in [0.3, 0.4) is 0 Å². The number of rotatable bonds is 3. The molecule has 0 unspecified atom stereocenters. The lowest BCUT2D eigenvalue weighted by Gasteiger charge is -2.06. The topological polar surface area (TPSA) is 71.3 Å². The molecule has 0 spiro atoms. The molecule has 6 nitrogen and oxygen atoms in total. The molecule has 21 heavy (non-hydrogen) atoms. The number of pyridine rings is 1. The predicted molar refractivity (Wildman–Crippen MR) is 75.2 cm³/mol. The Morgan fingerprint density at radius 3 is 2.95 bits per heavy atom. The number of hydrogen-bond acceptors (Lipinski definition) is 3. The van der Waals surface area contributed by atoms with E-state index in [0.29, 0.717) is 17.2 Å². The second-order valence-electron chi connectivity index (χ2n) is 4.39. The van der Waals surface area contributed by atoms with Crippen LogP contribution in [0.4, 0.5) is 15.1 Å². The number of aromatic nitrogens is 3. The molecule has 0 radical (unpaired) electrons. The van der Waals surface area contributed by atoms with Crippen LogP contribution in [0.1, 0.15) is 5.56 Å². The summed E-state index contributed by atoms with van der Waals surface area (Å²) in [5.41, 5.74) is 1.31. The molecule has 0 aliphatic rings. The number of nitrogens with zero attached hydrogens (tertiary/aromatic N) is 3. The van der Waals surface area contributed by atoms with Crippen LogP contribution in [0.15, 0.2) is 48.7 Å².